The summed E-state index contributed by atoms with van der Waals surface area (Å²) >= 11 is 3.53. The summed E-state index contributed by atoms with van der Waals surface area (Å²) in [7, 11) is 0. The fourth-order valence-electron chi connectivity index (χ4n) is 1.54. The molecule has 74 valence electrons. The highest BCUT2D eigenvalue weighted by Gasteiger charge is 2.23. The summed E-state index contributed by atoms with van der Waals surface area (Å²) in [5.74, 6) is 0. The normalized spacial score (nSPS) is 12.2. The first-order valence-corrected chi connectivity index (χ1v) is 5.77. The quantitative estimate of drug-likeness (QED) is 0.818. The number of alkyl halides is 1. The zero-order chi connectivity index (χ0) is 10.2. The number of aromatic amines is 1. The fraction of sp³-hybridized carbons (Fsp3) is 0.364. The summed E-state index contributed by atoms with van der Waals surface area (Å²) in [6.45, 7) is 4.39. The van der Waals surface area contributed by atoms with Crippen LogP contribution >= 0.6 is 15.9 Å². The lowest BCUT2D eigenvalue weighted by Crippen LogP contribution is -2.19. The lowest BCUT2D eigenvalue weighted by molar-refractivity contribution is 0.587. The molecule has 2 rings (SSSR count). The van der Waals surface area contributed by atoms with Crippen LogP contribution in [0.5, 0.6) is 0 Å². The molecule has 1 aromatic heterocycles. The summed E-state index contributed by atoms with van der Waals surface area (Å²) in [6, 6.07) is 8.19. The van der Waals surface area contributed by atoms with Crippen molar-refractivity contribution in [1.82, 2.24) is 10.2 Å². The van der Waals surface area contributed by atoms with Gasteiger partial charge in [0, 0.05) is 21.8 Å². The van der Waals surface area contributed by atoms with Crippen LogP contribution in [0, 0.1) is 0 Å². The number of hydrogen-bond acceptors (Lipinski definition) is 1. The van der Waals surface area contributed by atoms with Crippen LogP contribution < -0.4 is 0 Å². The number of halogens is 1. The van der Waals surface area contributed by atoms with Crippen molar-refractivity contribution >= 4 is 26.8 Å². The lowest BCUT2D eigenvalue weighted by atomic mass is 9.90. The second-order valence-electron chi connectivity index (χ2n) is 4.13. The molecule has 1 N–H and O–H groups in total. The molecule has 3 heteroatoms. The zero-order valence-electron chi connectivity index (χ0n) is 8.34. The van der Waals surface area contributed by atoms with Gasteiger partial charge in [-0.3, -0.25) is 5.10 Å². The largest absolute Gasteiger partial charge is 0.281 e. The standard InChI is InChI=1S/C11H13BrN2/c1-11(2,7-12)10-8-5-3-4-6-9(8)13-14-10/h3-6H,7H2,1-2H3,(H,13,14). The van der Waals surface area contributed by atoms with Crippen molar-refractivity contribution in [2.45, 2.75) is 19.3 Å². The van der Waals surface area contributed by atoms with Gasteiger partial charge in [-0.2, -0.15) is 5.10 Å². The molecule has 0 bridgehead atoms. The summed E-state index contributed by atoms with van der Waals surface area (Å²) < 4.78 is 0. The van der Waals surface area contributed by atoms with E-state index in [1.165, 1.54) is 11.1 Å². The second kappa shape index (κ2) is 3.39. The number of rotatable bonds is 2. The molecule has 0 amide bonds. The monoisotopic (exact) mass is 252 g/mol. The maximum absolute atomic E-state index is 4.29. The minimum absolute atomic E-state index is 0.0934. The van der Waals surface area contributed by atoms with E-state index in [1.807, 2.05) is 18.2 Å². The molecule has 0 saturated carbocycles. The number of hydrogen-bond donors (Lipinski definition) is 1. The second-order valence-corrected chi connectivity index (χ2v) is 4.69. The first-order chi connectivity index (χ1) is 6.65. The number of H-pyrrole nitrogens is 1. The molecule has 2 aromatic rings. The molecule has 0 aliphatic heterocycles. The minimum Gasteiger partial charge on any atom is -0.281 e. The Morgan fingerprint density at radius 3 is 2.79 bits per heavy atom. The van der Waals surface area contributed by atoms with Crippen molar-refractivity contribution in [3.8, 4) is 0 Å². The molecule has 0 fully saturated rings. The average molecular weight is 253 g/mol. The maximum atomic E-state index is 4.29. The molecule has 1 aromatic carbocycles. The molecule has 2 nitrogen and oxygen atoms in total. The smallest absolute Gasteiger partial charge is 0.0923 e. The van der Waals surface area contributed by atoms with E-state index in [4.69, 9.17) is 0 Å². The highest BCUT2D eigenvalue weighted by Crippen LogP contribution is 2.29. The SMILES string of the molecule is CC(C)(CBr)c1[nH]nc2ccccc12. The van der Waals surface area contributed by atoms with Crippen LogP contribution in [0.15, 0.2) is 24.3 Å². The van der Waals surface area contributed by atoms with Crippen molar-refractivity contribution < 1.29 is 0 Å². The van der Waals surface area contributed by atoms with Crippen LogP contribution in [-0.4, -0.2) is 15.5 Å². The number of nitrogens with one attached hydrogen (secondary N) is 1. The Morgan fingerprint density at radius 1 is 1.36 bits per heavy atom. The Morgan fingerprint density at radius 2 is 2.07 bits per heavy atom. The number of benzene rings is 1. The third kappa shape index (κ3) is 1.46. The van der Waals surface area contributed by atoms with Crippen molar-refractivity contribution in [3.05, 3.63) is 30.0 Å². The molecule has 0 spiro atoms. The third-order valence-corrected chi connectivity index (χ3v) is 3.87. The molecule has 0 atom stereocenters. The van der Waals surface area contributed by atoms with Crippen LogP contribution in [0.2, 0.25) is 0 Å². The van der Waals surface area contributed by atoms with Gasteiger partial charge in [0.05, 0.1) is 5.52 Å². The first kappa shape index (κ1) is 9.71. The molecule has 0 unspecified atom stereocenters. The fourth-order valence-corrected chi connectivity index (χ4v) is 1.82. The third-order valence-electron chi connectivity index (χ3n) is 2.47. The van der Waals surface area contributed by atoms with E-state index >= 15 is 0 Å². The molecule has 0 saturated heterocycles. The van der Waals surface area contributed by atoms with Gasteiger partial charge in [0.2, 0.25) is 0 Å². The van der Waals surface area contributed by atoms with Gasteiger partial charge in [0.1, 0.15) is 0 Å². The van der Waals surface area contributed by atoms with E-state index in [9.17, 15) is 0 Å². The summed E-state index contributed by atoms with van der Waals surface area (Å²) in [5.41, 5.74) is 2.33. The van der Waals surface area contributed by atoms with Gasteiger partial charge >= 0.3 is 0 Å². The van der Waals surface area contributed by atoms with Crippen LogP contribution in [0.25, 0.3) is 10.9 Å². The van der Waals surface area contributed by atoms with Crippen LogP contribution in [0.1, 0.15) is 19.5 Å². The topological polar surface area (TPSA) is 28.7 Å². The number of para-hydroxylation sites is 1. The van der Waals surface area contributed by atoms with Crippen LogP contribution in [-0.2, 0) is 5.41 Å². The molecule has 1 heterocycles. The predicted molar refractivity (Wildman–Crippen MR) is 62.9 cm³/mol. The summed E-state index contributed by atoms with van der Waals surface area (Å²) in [6.07, 6.45) is 0. The van der Waals surface area contributed by atoms with E-state index in [0.717, 1.165) is 10.8 Å². The van der Waals surface area contributed by atoms with Crippen LogP contribution in [0.3, 0.4) is 0 Å². The van der Waals surface area contributed by atoms with Gasteiger partial charge in [-0.25, -0.2) is 0 Å². The molecule has 0 aliphatic carbocycles. The summed E-state index contributed by atoms with van der Waals surface area (Å²) in [5, 5.41) is 9.55. The van der Waals surface area contributed by atoms with Crippen molar-refractivity contribution in [2.75, 3.05) is 5.33 Å². The number of aromatic nitrogens is 2. The minimum atomic E-state index is 0.0934. The Kier molecular flexibility index (Phi) is 2.35. The van der Waals surface area contributed by atoms with Crippen LogP contribution in [0.4, 0.5) is 0 Å². The number of fused-ring (bicyclic) bond motifs is 1. The van der Waals surface area contributed by atoms with Gasteiger partial charge in [-0.1, -0.05) is 48.0 Å². The van der Waals surface area contributed by atoms with E-state index in [-0.39, 0.29) is 5.41 Å². The average Bonchev–Trinajstić information content (AvgIpc) is 2.61. The summed E-state index contributed by atoms with van der Waals surface area (Å²) in [4.78, 5) is 0. The lowest BCUT2D eigenvalue weighted by Gasteiger charge is -2.19. The van der Waals surface area contributed by atoms with E-state index in [2.05, 4.69) is 46.0 Å². The maximum Gasteiger partial charge on any atom is 0.0923 e. The first-order valence-electron chi connectivity index (χ1n) is 4.65. The Hall–Kier alpha value is -0.830. The predicted octanol–water partition coefficient (Wildman–Crippen LogP) is 3.24. The van der Waals surface area contributed by atoms with Crippen molar-refractivity contribution in [2.24, 2.45) is 0 Å². The molecule has 0 radical (unpaired) electrons. The Bertz CT molecular complexity index is 445. The van der Waals surface area contributed by atoms with E-state index < -0.39 is 0 Å². The molecular formula is C11H13BrN2. The zero-order valence-corrected chi connectivity index (χ0v) is 9.93. The Labute approximate surface area is 91.8 Å². The van der Waals surface area contributed by atoms with Gasteiger partial charge in [0.25, 0.3) is 0 Å². The highest BCUT2D eigenvalue weighted by molar-refractivity contribution is 9.09. The van der Waals surface area contributed by atoms with Crippen molar-refractivity contribution in [3.63, 3.8) is 0 Å². The molecule has 0 aliphatic rings. The van der Waals surface area contributed by atoms with Gasteiger partial charge < -0.3 is 0 Å². The number of nitrogens with zero attached hydrogens (tertiary/aromatic N) is 1. The van der Waals surface area contributed by atoms with Gasteiger partial charge in [-0.15, -0.1) is 0 Å². The Balaban J connectivity index is 2.64. The molecule has 14 heavy (non-hydrogen) atoms. The highest BCUT2D eigenvalue weighted by atomic mass is 79.9. The van der Waals surface area contributed by atoms with E-state index in [0.29, 0.717) is 0 Å². The van der Waals surface area contributed by atoms with E-state index in [1.54, 1.807) is 0 Å². The molecular weight excluding hydrogens is 240 g/mol. The van der Waals surface area contributed by atoms with Gasteiger partial charge in [-0.05, 0) is 6.07 Å². The van der Waals surface area contributed by atoms with Crippen molar-refractivity contribution in [1.29, 1.82) is 0 Å². The van der Waals surface area contributed by atoms with Gasteiger partial charge in [0.15, 0.2) is 0 Å².